The largest absolute Gasteiger partial charge is 0.484 e. The minimum Gasteiger partial charge on any atom is -0.484 e. The third-order valence-corrected chi connectivity index (χ3v) is 3.09. The fourth-order valence-electron chi connectivity index (χ4n) is 1.75. The van der Waals surface area contributed by atoms with E-state index in [4.69, 9.17) is 4.74 Å². The van der Waals surface area contributed by atoms with Gasteiger partial charge in [0.05, 0.1) is 5.56 Å². The van der Waals surface area contributed by atoms with Crippen LogP contribution < -0.4 is 10.1 Å². The summed E-state index contributed by atoms with van der Waals surface area (Å²) in [6.07, 6.45) is 0. The number of carbonyl (C=O) groups excluding carboxylic acids is 2. The van der Waals surface area contributed by atoms with Crippen molar-refractivity contribution >= 4 is 17.5 Å². The Morgan fingerprint density at radius 3 is 2.35 bits per heavy atom. The van der Waals surface area contributed by atoms with Crippen molar-refractivity contribution in [3.63, 3.8) is 0 Å². The van der Waals surface area contributed by atoms with E-state index in [9.17, 15) is 14.0 Å². The monoisotopic (exact) mass is 316 g/mol. The summed E-state index contributed by atoms with van der Waals surface area (Å²) >= 11 is 0. The van der Waals surface area contributed by atoms with Crippen molar-refractivity contribution in [3.05, 3.63) is 59.9 Å². The average molecular weight is 316 g/mol. The minimum atomic E-state index is -0.577. The zero-order valence-corrected chi connectivity index (χ0v) is 12.9. The van der Waals surface area contributed by atoms with Crippen molar-refractivity contribution in [1.82, 2.24) is 4.90 Å². The molecule has 0 spiro atoms. The highest BCUT2D eigenvalue weighted by Gasteiger charge is 2.11. The molecular weight excluding hydrogens is 299 g/mol. The van der Waals surface area contributed by atoms with Gasteiger partial charge in [0, 0.05) is 19.8 Å². The number of halogens is 1. The molecule has 0 radical (unpaired) electrons. The second-order valence-electron chi connectivity index (χ2n) is 5.04. The summed E-state index contributed by atoms with van der Waals surface area (Å²) in [5, 5.41) is 2.60. The Morgan fingerprint density at radius 1 is 1.09 bits per heavy atom. The third kappa shape index (κ3) is 4.54. The normalized spacial score (nSPS) is 10.0. The van der Waals surface area contributed by atoms with Gasteiger partial charge in [-0.2, -0.15) is 0 Å². The summed E-state index contributed by atoms with van der Waals surface area (Å²) in [4.78, 5) is 24.8. The van der Waals surface area contributed by atoms with Gasteiger partial charge in [0.1, 0.15) is 11.6 Å². The van der Waals surface area contributed by atoms with Crippen LogP contribution in [0.4, 0.5) is 10.1 Å². The Kier molecular flexibility index (Phi) is 5.30. The quantitative estimate of drug-likeness (QED) is 0.922. The van der Waals surface area contributed by atoms with Gasteiger partial charge in [-0.15, -0.1) is 0 Å². The lowest BCUT2D eigenvalue weighted by molar-refractivity contribution is -0.130. The summed E-state index contributed by atoms with van der Waals surface area (Å²) in [7, 11) is 3.29. The Morgan fingerprint density at radius 2 is 1.74 bits per heavy atom. The van der Waals surface area contributed by atoms with Crippen molar-refractivity contribution in [2.24, 2.45) is 0 Å². The molecule has 2 aromatic rings. The van der Waals surface area contributed by atoms with Gasteiger partial charge in [0.25, 0.3) is 11.8 Å². The van der Waals surface area contributed by atoms with Crippen LogP contribution in [-0.4, -0.2) is 37.4 Å². The van der Waals surface area contributed by atoms with Gasteiger partial charge in [-0.25, -0.2) is 4.39 Å². The summed E-state index contributed by atoms with van der Waals surface area (Å²) in [5.41, 5.74) is 0.481. The molecule has 0 heterocycles. The predicted molar refractivity (Wildman–Crippen MR) is 85.0 cm³/mol. The van der Waals surface area contributed by atoms with Crippen LogP contribution in [0.2, 0.25) is 0 Å². The number of amides is 2. The molecule has 0 aliphatic carbocycles. The van der Waals surface area contributed by atoms with E-state index in [0.717, 1.165) is 0 Å². The lowest BCUT2D eigenvalue weighted by atomic mass is 10.2. The number of hydrogen-bond acceptors (Lipinski definition) is 3. The Labute approximate surface area is 133 Å². The van der Waals surface area contributed by atoms with Crippen LogP contribution >= 0.6 is 0 Å². The first-order valence-electron chi connectivity index (χ1n) is 6.96. The van der Waals surface area contributed by atoms with Crippen molar-refractivity contribution in [2.75, 3.05) is 26.0 Å². The van der Waals surface area contributed by atoms with Crippen LogP contribution in [0.25, 0.3) is 0 Å². The molecule has 1 N–H and O–H groups in total. The molecule has 6 heteroatoms. The highest BCUT2D eigenvalue weighted by atomic mass is 19.1. The highest BCUT2D eigenvalue weighted by molar-refractivity contribution is 6.04. The Bertz CT molecular complexity index is 699. The number of rotatable bonds is 5. The maximum absolute atomic E-state index is 13.5. The molecule has 0 aliphatic rings. The predicted octanol–water partition coefficient (Wildman–Crippen LogP) is 2.55. The Balaban J connectivity index is 1.96. The fraction of sp³-hybridized carbons (Fsp3) is 0.176. The molecular formula is C17H17FN2O3. The molecule has 2 rings (SSSR count). The summed E-state index contributed by atoms with van der Waals surface area (Å²) in [6.45, 7) is -0.0616. The van der Waals surface area contributed by atoms with E-state index >= 15 is 0 Å². The average Bonchev–Trinajstić information content (AvgIpc) is 2.54. The molecule has 0 atom stereocenters. The summed E-state index contributed by atoms with van der Waals surface area (Å²) < 4.78 is 18.9. The number of nitrogens with one attached hydrogen (secondary N) is 1. The molecule has 0 saturated heterocycles. The third-order valence-electron chi connectivity index (χ3n) is 3.09. The number of hydrogen-bond donors (Lipinski definition) is 1. The molecule has 0 bridgehead atoms. The maximum atomic E-state index is 13.5. The minimum absolute atomic E-state index is 0.0237. The van der Waals surface area contributed by atoms with Crippen LogP contribution in [0.3, 0.4) is 0 Å². The standard InChI is InChI=1S/C17H17FN2O3/c1-20(2)16(21)11-23-13-9-7-12(8-10-13)19-17(22)14-5-3-4-6-15(14)18/h3-10H,11H2,1-2H3,(H,19,22). The molecule has 0 unspecified atom stereocenters. The van der Waals surface area contributed by atoms with E-state index in [-0.39, 0.29) is 18.1 Å². The number of benzene rings is 2. The van der Waals surface area contributed by atoms with E-state index in [1.165, 1.54) is 23.1 Å². The van der Waals surface area contributed by atoms with Gasteiger partial charge in [0.15, 0.2) is 6.61 Å². The SMILES string of the molecule is CN(C)C(=O)COc1ccc(NC(=O)c2ccccc2F)cc1. The molecule has 2 aromatic carbocycles. The second kappa shape index (κ2) is 7.40. The van der Waals surface area contributed by atoms with Gasteiger partial charge in [-0.1, -0.05) is 12.1 Å². The smallest absolute Gasteiger partial charge is 0.259 e. The topological polar surface area (TPSA) is 58.6 Å². The number of carbonyl (C=O) groups is 2. The number of nitrogens with zero attached hydrogens (tertiary/aromatic N) is 1. The van der Waals surface area contributed by atoms with E-state index in [2.05, 4.69) is 5.32 Å². The first-order chi connectivity index (χ1) is 11.0. The summed E-state index contributed by atoms with van der Waals surface area (Å²) in [6, 6.07) is 12.2. The zero-order valence-electron chi connectivity index (χ0n) is 12.9. The van der Waals surface area contributed by atoms with Gasteiger partial charge in [-0.3, -0.25) is 9.59 Å². The van der Waals surface area contributed by atoms with E-state index in [1.807, 2.05) is 0 Å². The van der Waals surface area contributed by atoms with Gasteiger partial charge >= 0.3 is 0 Å². The molecule has 23 heavy (non-hydrogen) atoms. The number of anilines is 1. The van der Waals surface area contributed by atoms with Crippen molar-refractivity contribution in [3.8, 4) is 5.75 Å². The lowest BCUT2D eigenvalue weighted by Gasteiger charge is -2.12. The molecule has 0 saturated carbocycles. The maximum Gasteiger partial charge on any atom is 0.259 e. The lowest BCUT2D eigenvalue weighted by Crippen LogP contribution is -2.27. The van der Waals surface area contributed by atoms with Gasteiger partial charge in [-0.05, 0) is 36.4 Å². The van der Waals surface area contributed by atoms with E-state index in [0.29, 0.717) is 11.4 Å². The zero-order chi connectivity index (χ0) is 16.8. The van der Waals surface area contributed by atoms with Crippen LogP contribution in [0.15, 0.2) is 48.5 Å². The molecule has 5 nitrogen and oxygen atoms in total. The van der Waals surface area contributed by atoms with Crippen molar-refractivity contribution in [2.45, 2.75) is 0 Å². The number of ether oxygens (including phenoxy) is 1. The van der Waals surface area contributed by atoms with Crippen LogP contribution in [0.5, 0.6) is 5.75 Å². The van der Waals surface area contributed by atoms with E-state index < -0.39 is 11.7 Å². The van der Waals surface area contributed by atoms with Crippen molar-refractivity contribution < 1.29 is 18.7 Å². The fourth-order valence-corrected chi connectivity index (χ4v) is 1.75. The van der Waals surface area contributed by atoms with Crippen LogP contribution in [0, 0.1) is 5.82 Å². The molecule has 2 amide bonds. The molecule has 0 fully saturated rings. The van der Waals surface area contributed by atoms with E-state index in [1.54, 1.807) is 44.4 Å². The molecule has 0 aliphatic heterocycles. The van der Waals surface area contributed by atoms with Crippen LogP contribution in [0.1, 0.15) is 10.4 Å². The Hall–Kier alpha value is -2.89. The van der Waals surface area contributed by atoms with Crippen LogP contribution in [-0.2, 0) is 4.79 Å². The highest BCUT2D eigenvalue weighted by Crippen LogP contribution is 2.17. The van der Waals surface area contributed by atoms with Crippen molar-refractivity contribution in [1.29, 1.82) is 0 Å². The first kappa shape index (κ1) is 16.5. The van der Waals surface area contributed by atoms with Gasteiger partial charge in [0.2, 0.25) is 0 Å². The summed E-state index contributed by atoms with van der Waals surface area (Å²) in [5.74, 6) is -0.752. The molecule has 120 valence electrons. The van der Waals surface area contributed by atoms with Gasteiger partial charge < -0.3 is 15.0 Å². The first-order valence-corrected chi connectivity index (χ1v) is 6.96. The molecule has 0 aromatic heterocycles. The number of likely N-dealkylation sites (N-methyl/N-ethyl adjacent to an activating group) is 1. The second-order valence-corrected chi connectivity index (χ2v) is 5.04.